The first kappa shape index (κ1) is 12.4. The molecule has 0 aliphatic rings. The second-order valence-electron chi connectivity index (χ2n) is 4.18. The molecule has 1 heterocycles. The summed E-state index contributed by atoms with van der Waals surface area (Å²) in [6.45, 7) is 2.83. The molecule has 2 nitrogen and oxygen atoms in total. The van der Waals surface area contributed by atoms with Crippen molar-refractivity contribution in [1.29, 1.82) is 0 Å². The SMILES string of the molecule is CCC(=O)CCCn1ccc2c(Br)cccc21. The first-order chi connectivity index (χ1) is 8.22. The maximum atomic E-state index is 11.2. The Morgan fingerprint density at radius 3 is 2.94 bits per heavy atom. The molecule has 0 amide bonds. The molecule has 3 heteroatoms. The average Bonchev–Trinajstić information content (AvgIpc) is 2.74. The number of aromatic nitrogens is 1. The maximum Gasteiger partial charge on any atom is 0.132 e. The second kappa shape index (κ2) is 5.50. The average molecular weight is 294 g/mol. The van der Waals surface area contributed by atoms with Crippen LogP contribution in [0.25, 0.3) is 10.9 Å². The standard InChI is InChI=1S/C14H16BrNO/c1-2-11(17)5-4-9-16-10-8-12-13(15)6-3-7-14(12)16/h3,6-8,10H,2,4-5,9H2,1H3. The fourth-order valence-corrected chi connectivity index (χ4v) is 2.49. The van der Waals surface area contributed by atoms with E-state index >= 15 is 0 Å². The number of carbonyl (C=O) groups excluding carboxylic acids is 1. The summed E-state index contributed by atoms with van der Waals surface area (Å²) in [7, 11) is 0. The molecule has 2 rings (SSSR count). The van der Waals surface area contributed by atoms with Crippen molar-refractivity contribution in [1.82, 2.24) is 4.57 Å². The zero-order chi connectivity index (χ0) is 12.3. The van der Waals surface area contributed by atoms with Gasteiger partial charge in [0.1, 0.15) is 5.78 Å². The van der Waals surface area contributed by atoms with E-state index in [0.29, 0.717) is 18.6 Å². The van der Waals surface area contributed by atoms with E-state index in [1.807, 2.05) is 19.1 Å². The minimum absolute atomic E-state index is 0.350. The third kappa shape index (κ3) is 2.78. The van der Waals surface area contributed by atoms with E-state index in [4.69, 9.17) is 0 Å². The van der Waals surface area contributed by atoms with Gasteiger partial charge in [-0.05, 0) is 24.6 Å². The molecule has 0 aliphatic carbocycles. The van der Waals surface area contributed by atoms with Crippen molar-refractivity contribution in [3.63, 3.8) is 0 Å². The third-order valence-corrected chi connectivity index (χ3v) is 3.70. The van der Waals surface area contributed by atoms with Gasteiger partial charge in [-0.1, -0.05) is 28.9 Å². The molecule has 0 saturated carbocycles. The molecule has 0 aliphatic heterocycles. The highest BCUT2D eigenvalue weighted by atomic mass is 79.9. The van der Waals surface area contributed by atoms with Crippen LogP contribution in [0.2, 0.25) is 0 Å². The van der Waals surface area contributed by atoms with E-state index in [-0.39, 0.29) is 0 Å². The minimum Gasteiger partial charge on any atom is -0.347 e. The van der Waals surface area contributed by atoms with E-state index < -0.39 is 0 Å². The van der Waals surface area contributed by atoms with Crippen molar-refractivity contribution in [2.45, 2.75) is 32.7 Å². The number of rotatable bonds is 5. The number of carbonyl (C=O) groups is 1. The van der Waals surface area contributed by atoms with Crippen LogP contribution in [-0.4, -0.2) is 10.4 Å². The third-order valence-electron chi connectivity index (χ3n) is 3.01. The smallest absolute Gasteiger partial charge is 0.132 e. The monoisotopic (exact) mass is 293 g/mol. The van der Waals surface area contributed by atoms with Gasteiger partial charge in [0.15, 0.2) is 0 Å². The zero-order valence-corrected chi connectivity index (χ0v) is 11.5. The van der Waals surface area contributed by atoms with Crippen LogP contribution in [0.3, 0.4) is 0 Å². The van der Waals surface area contributed by atoms with E-state index in [9.17, 15) is 4.79 Å². The highest BCUT2D eigenvalue weighted by Gasteiger charge is 2.04. The van der Waals surface area contributed by atoms with Crippen LogP contribution in [0, 0.1) is 0 Å². The van der Waals surface area contributed by atoms with Crippen molar-refractivity contribution in [3.05, 3.63) is 34.9 Å². The van der Waals surface area contributed by atoms with Gasteiger partial charge in [0.2, 0.25) is 0 Å². The quantitative estimate of drug-likeness (QED) is 0.811. The van der Waals surface area contributed by atoms with Gasteiger partial charge in [-0.3, -0.25) is 4.79 Å². The van der Waals surface area contributed by atoms with E-state index in [1.165, 1.54) is 10.9 Å². The number of benzene rings is 1. The predicted molar refractivity (Wildman–Crippen MR) is 74.2 cm³/mol. The Balaban J connectivity index is 2.09. The number of nitrogens with zero attached hydrogens (tertiary/aromatic N) is 1. The molecule has 0 radical (unpaired) electrons. The number of hydrogen-bond acceptors (Lipinski definition) is 1. The molecule has 0 unspecified atom stereocenters. The highest BCUT2D eigenvalue weighted by Crippen LogP contribution is 2.24. The summed E-state index contributed by atoms with van der Waals surface area (Å²) in [4.78, 5) is 11.2. The van der Waals surface area contributed by atoms with Crippen LogP contribution in [-0.2, 0) is 11.3 Å². The number of fused-ring (bicyclic) bond motifs is 1. The number of halogens is 1. The van der Waals surface area contributed by atoms with Crippen LogP contribution < -0.4 is 0 Å². The summed E-state index contributed by atoms with van der Waals surface area (Å²) >= 11 is 3.55. The van der Waals surface area contributed by atoms with Crippen LogP contribution >= 0.6 is 15.9 Å². The second-order valence-corrected chi connectivity index (χ2v) is 5.03. The molecule has 2 aromatic rings. The molecule has 0 N–H and O–H groups in total. The van der Waals surface area contributed by atoms with Gasteiger partial charge in [0.25, 0.3) is 0 Å². The maximum absolute atomic E-state index is 11.2. The van der Waals surface area contributed by atoms with Crippen molar-refractivity contribution in [3.8, 4) is 0 Å². The summed E-state index contributed by atoms with van der Waals surface area (Å²) in [6, 6.07) is 8.32. The first-order valence-corrected chi connectivity index (χ1v) is 6.76. The Kier molecular flexibility index (Phi) is 4.00. The van der Waals surface area contributed by atoms with Gasteiger partial charge in [0.05, 0.1) is 0 Å². The van der Waals surface area contributed by atoms with E-state index in [0.717, 1.165) is 17.4 Å². The molecule has 0 saturated heterocycles. The van der Waals surface area contributed by atoms with Crippen molar-refractivity contribution in [2.24, 2.45) is 0 Å². The lowest BCUT2D eigenvalue weighted by Crippen LogP contribution is -2.00. The Bertz CT molecular complexity index is 530. The lowest BCUT2D eigenvalue weighted by atomic mass is 10.2. The number of ketones is 1. The lowest BCUT2D eigenvalue weighted by Gasteiger charge is -2.05. The molecular formula is C14H16BrNO. The van der Waals surface area contributed by atoms with Gasteiger partial charge < -0.3 is 4.57 Å². The normalized spacial score (nSPS) is 10.9. The zero-order valence-electron chi connectivity index (χ0n) is 9.95. The van der Waals surface area contributed by atoms with Crippen LogP contribution in [0.4, 0.5) is 0 Å². The molecular weight excluding hydrogens is 278 g/mol. The summed E-state index contributed by atoms with van der Waals surface area (Å²) < 4.78 is 3.33. The molecule has 0 bridgehead atoms. The van der Waals surface area contributed by atoms with E-state index in [1.54, 1.807) is 0 Å². The predicted octanol–water partition coefficient (Wildman–Crippen LogP) is 4.16. The van der Waals surface area contributed by atoms with Crippen LogP contribution in [0.5, 0.6) is 0 Å². The minimum atomic E-state index is 0.350. The molecule has 1 aromatic heterocycles. The van der Waals surface area contributed by atoms with Gasteiger partial charge in [-0.15, -0.1) is 0 Å². The number of Topliss-reactive ketones (excluding diaryl/α,β-unsaturated/α-hetero) is 1. The molecule has 0 atom stereocenters. The topological polar surface area (TPSA) is 22.0 Å². The highest BCUT2D eigenvalue weighted by molar-refractivity contribution is 9.10. The van der Waals surface area contributed by atoms with Gasteiger partial charge in [-0.2, -0.15) is 0 Å². The number of aryl methyl sites for hydroxylation is 1. The van der Waals surface area contributed by atoms with Crippen LogP contribution in [0.1, 0.15) is 26.2 Å². The van der Waals surface area contributed by atoms with Crippen molar-refractivity contribution >= 4 is 32.6 Å². The Morgan fingerprint density at radius 1 is 1.35 bits per heavy atom. The van der Waals surface area contributed by atoms with E-state index in [2.05, 4.69) is 38.8 Å². The molecule has 0 spiro atoms. The largest absolute Gasteiger partial charge is 0.347 e. The van der Waals surface area contributed by atoms with Crippen molar-refractivity contribution < 1.29 is 4.79 Å². The Morgan fingerprint density at radius 2 is 2.18 bits per heavy atom. The first-order valence-electron chi connectivity index (χ1n) is 5.97. The summed E-state index contributed by atoms with van der Waals surface area (Å²) in [5.74, 6) is 0.350. The summed E-state index contributed by atoms with van der Waals surface area (Å²) in [5.41, 5.74) is 1.23. The Hall–Kier alpha value is -1.09. The summed E-state index contributed by atoms with van der Waals surface area (Å²) in [5, 5.41) is 1.23. The molecule has 0 fully saturated rings. The van der Waals surface area contributed by atoms with Crippen molar-refractivity contribution in [2.75, 3.05) is 0 Å². The summed E-state index contributed by atoms with van der Waals surface area (Å²) in [6.07, 6.45) is 4.34. The fraction of sp³-hybridized carbons (Fsp3) is 0.357. The lowest BCUT2D eigenvalue weighted by molar-refractivity contribution is -0.118. The molecule has 1 aromatic carbocycles. The molecule has 90 valence electrons. The molecule has 17 heavy (non-hydrogen) atoms. The van der Waals surface area contributed by atoms with Gasteiger partial charge in [-0.25, -0.2) is 0 Å². The van der Waals surface area contributed by atoms with Gasteiger partial charge >= 0.3 is 0 Å². The van der Waals surface area contributed by atoms with Crippen LogP contribution in [0.15, 0.2) is 34.9 Å². The number of hydrogen-bond donors (Lipinski definition) is 0. The fourth-order valence-electron chi connectivity index (χ4n) is 2.00. The Labute approximate surface area is 110 Å². The van der Waals surface area contributed by atoms with Gasteiger partial charge in [0, 0.05) is 41.0 Å².